The Morgan fingerprint density at radius 3 is 2.42 bits per heavy atom. The number of methoxy groups -OCH3 is 1. The maximum atomic E-state index is 5.20. The molecule has 1 heterocycles. The molecule has 0 saturated heterocycles. The second-order valence-corrected chi connectivity index (χ2v) is 5.46. The Balaban J connectivity index is 2.06. The fraction of sp³-hybridized carbons (Fsp3) is 0.375. The van der Waals surface area contributed by atoms with Crippen LogP contribution >= 0.6 is 11.3 Å². The number of hydrogen-bond acceptors (Lipinski definition) is 3. The summed E-state index contributed by atoms with van der Waals surface area (Å²) >= 11 is 1.75. The van der Waals surface area contributed by atoms with Gasteiger partial charge in [-0.15, -0.1) is 0 Å². The van der Waals surface area contributed by atoms with Crippen LogP contribution in [0.4, 0.5) is 0 Å². The number of hydrogen-bond donors (Lipinski definition) is 1. The zero-order valence-electron chi connectivity index (χ0n) is 11.7. The zero-order chi connectivity index (χ0) is 13.7. The molecule has 2 atom stereocenters. The van der Waals surface area contributed by atoms with Crippen LogP contribution in [0.1, 0.15) is 43.5 Å². The highest BCUT2D eigenvalue weighted by molar-refractivity contribution is 7.07. The number of rotatable bonds is 6. The Bertz CT molecular complexity index is 478. The van der Waals surface area contributed by atoms with Crippen molar-refractivity contribution in [2.45, 2.75) is 32.4 Å². The zero-order valence-corrected chi connectivity index (χ0v) is 12.5. The van der Waals surface area contributed by atoms with Gasteiger partial charge in [0.15, 0.2) is 0 Å². The van der Waals surface area contributed by atoms with Gasteiger partial charge < -0.3 is 10.1 Å². The van der Waals surface area contributed by atoms with E-state index < -0.39 is 0 Å². The van der Waals surface area contributed by atoms with E-state index in [0.29, 0.717) is 12.1 Å². The van der Waals surface area contributed by atoms with Crippen LogP contribution in [-0.2, 0) is 0 Å². The molecule has 1 aromatic carbocycles. The van der Waals surface area contributed by atoms with Crippen LogP contribution in [0.5, 0.6) is 5.75 Å². The first-order valence-electron chi connectivity index (χ1n) is 6.66. The second kappa shape index (κ2) is 6.73. The van der Waals surface area contributed by atoms with Crippen molar-refractivity contribution < 1.29 is 4.74 Å². The summed E-state index contributed by atoms with van der Waals surface area (Å²) in [6, 6.07) is 11.3. The SMILES string of the molecule is CCC(NC(C)c1ccsc1)c1ccc(OC)cc1. The van der Waals surface area contributed by atoms with Crippen LogP contribution < -0.4 is 10.1 Å². The quantitative estimate of drug-likeness (QED) is 0.834. The Kier molecular flexibility index (Phi) is 5.00. The topological polar surface area (TPSA) is 21.3 Å². The molecular formula is C16H21NOS. The minimum absolute atomic E-state index is 0.373. The van der Waals surface area contributed by atoms with E-state index >= 15 is 0 Å². The van der Waals surface area contributed by atoms with Crippen LogP contribution in [-0.4, -0.2) is 7.11 Å². The number of benzene rings is 1. The molecule has 0 aliphatic rings. The monoisotopic (exact) mass is 275 g/mol. The molecule has 0 spiro atoms. The minimum atomic E-state index is 0.373. The Hall–Kier alpha value is -1.32. The molecule has 0 fully saturated rings. The van der Waals surface area contributed by atoms with Gasteiger partial charge >= 0.3 is 0 Å². The first-order valence-corrected chi connectivity index (χ1v) is 7.61. The van der Waals surface area contributed by atoms with Gasteiger partial charge in [-0.25, -0.2) is 0 Å². The number of ether oxygens (including phenoxy) is 1. The van der Waals surface area contributed by atoms with E-state index in [1.165, 1.54) is 11.1 Å². The van der Waals surface area contributed by atoms with E-state index in [2.05, 4.69) is 48.1 Å². The van der Waals surface area contributed by atoms with Gasteiger partial charge in [0.2, 0.25) is 0 Å². The van der Waals surface area contributed by atoms with Crippen LogP contribution in [0, 0.1) is 0 Å². The van der Waals surface area contributed by atoms with Crippen molar-refractivity contribution in [2.24, 2.45) is 0 Å². The van der Waals surface area contributed by atoms with Gasteiger partial charge in [0, 0.05) is 12.1 Å². The van der Waals surface area contributed by atoms with Crippen LogP contribution in [0.3, 0.4) is 0 Å². The fourth-order valence-corrected chi connectivity index (χ4v) is 2.96. The molecule has 0 aliphatic heterocycles. The molecule has 0 amide bonds. The highest BCUT2D eigenvalue weighted by Gasteiger charge is 2.14. The van der Waals surface area contributed by atoms with E-state index in [4.69, 9.17) is 4.74 Å². The molecule has 2 unspecified atom stereocenters. The molecular weight excluding hydrogens is 254 g/mol. The smallest absolute Gasteiger partial charge is 0.118 e. The molecule has 0 bridgehead atoms. The average molecular weight is 275 g/mol. The lowest BCUT2D eigenvalue weighted by Crippen LogP contribution is -2.23. The first kappa shape index (κ1) is 14.1. The molecule has 3 heteroatoms. The third-order valence-electron chi connectivity index (χ3n) is 3.42. The molecule has 19 heavy (non-hydrogen) atoms. The van der Waals surface area contributed by atoms with Gasteiger partial charge in [0.05, 0.1) is 7.11 Å². The molecule has 2 nitrogen and oxygen atoms in total. The lowest BCUT2D eigenvalue weighted by molar-refractivity contribution is 0.413. The van der Waals surface area contributed by atoms with Gasteiger partial charge in [0.25, 0.3) is 0 Å². The summed E-state index contributed by atoms with van der Waals surface area (Å²) in [7, 11) is 1.70. The van der Waals surface area contributed by atoms with Crippen molar-refractivity contribution in [2.75, 3.05) is 7.11 Å². The summed E-state index contributed by atoms with van der Waals surface area (Å²) in [5.41, 5.74) is 2.67. The molecule has 1 N–H and O–H groups in total. The lowest BCUT2D eigenvalue weighted by atomic mass is 10.0. The predicted octanol–water partition coefficient (Wildman–Crippen LogP) is 4.56. The van der Waals surface area contributed by atoms with Crippen LogP contribution in [0.15, 0.2) is 41.1 Å². The first-order chi connectivity index (χ1) is 9.24. The summed E-state index contributed by atoms with van der Waals surface area (Å²) in [6.07, 6.45) is 1.07. The Morgan fingerprint density at radius 1 is 1.16 bits per heavy atom. The van der Waals surface area contributed by atoms with Gasteiger partial charge in [-0.2, -0.15) is 11.3 Å². The third kappa shape index (κ3) is 3.58. The molecule has 2 aromatic rings. The van der Waals surface area contributed by atoms with E-state index in [1.807, 2.05) is 12.1 Å². The fourth-order valence-electron chi connectivity index (χ4n) is 2.21. The molecule has 0 radical (unpaired) electrons. The standard InChI is InChI=1S/C16H21NOS/c1-4-16(13-5-7-15(18-3)8-6-13)17-12(2)14-9-10-19-11-14/h5-12,16-17H,4H2,1-3H3. The molecule has 1 aromatic heterocycles. The predicted molar refractivity (Wildman–Crippen MR) is 81.9 cm³/mol. The van der Waals surface area contributed by atoms with Crippen molar-refractivity contribution in [3.05, 3.63) is 52.2 Å². The van der Waals surface area contributed by atoms with Crippen molar-refractivity contribution >= 4 is 11.3 Å². The maximum absolute atomic E-state index is 5.20. The Morgan fingerprint density at radius 2 is 1.89 bits per heavy atom. The summed E-state index contributed by atoms with van der Waals surface area (Å²) in [6.45, 7) is 4.43. The number of thiophene rings is 1. The second-order valence-electron chi connectivity index (χ2n) is 4.68. The van der Waals surface area contributed by atoms with Crippen LogP contribution in [0.25, 0.3) is 0 Å². The van der Waals surface area contributed by atoms with Crippen LogP contribution in [0.2, 0.25) is 0 Å². The average Bonchev–Trinajstić information content (AvgIpc) is 2.99. The largest absolute Gasteiger partial charge is 0.497 e. The van der Waals surface area contributed by atoms with E-state index in [-0.39, 0.29) is 0 Å². The summed E-state index contributed by atoms with van der Waals surface area (Å²) in [4.78, 5) is 0. The maximum Gasteiger partial charge on any atom is 0.118 e. The summed E-state index contributed by atoms with van der Waals surface area (Å²) in [5, 5.41) is 8.02. The van der Waals surface area contributed by atoms with Crippen molar-refractivity contribution in [3.8, 4) is 5.75 Å². The highest BCUT2D eigenvalue weighted by atomic mass is 32.1. The minimum Gasteiger partial charge on any atom is -0.497 e. The third-order valence-corrected chi connectivity index (χ3v) is 4.12. The Labute approximate surface area is 119 Å². The lowest BCUT2D eigenvalue weighted by Gasteiger charge is -2.22. The van der Waals surface area contributed by atoms with Gasteiger partial charge in [-0.3, -0.25) is 0 Å². The van der Waals surface area contributed by atoms with Crippen molar-refractivity contribution in [3.63, 3.8) is 0 Å². The van der Waals surface area contributed by atoms with E-state index in [0.717, 1.165) is 12.2 Å². The van der Waals surface area contributed by atoms with Gasteiger partial charge in [-0.1, -0.05) is 19.1 Å². The van der Waals surface area contributed by atoms with Crippen molar-refractivity contribution in [1.29, 1.82) is 0 Å². The van der Waals surface area contributed by atoms with Crippen molar-refractivity contribution in [1.82, 2.24) is 5.32 Å². The highest BCUT2D eigenvalue weighted by Crippen LogP contribution is 2.24. The summed E-state index contributed by atoms with van der Waals surface area (Å²) in [5.74, 6) is 0.907. The van der Waals surface area contributed by atoms with E-state index in [1.54, 1.807) is 18.4 Å². The van der Waals surface area contributed by atoms with Gasteiger partial charge in [0.1, 0.15) is 5.75 Å². The molecule has 2 rings (SSSR count). The van der Waals surface area contributed by atoms with Gasteiger partial charge in [-0.05, 0) is 53.4 Å². The molecule has 0 saturated carbocycles. The summed E-state index contributed by atoms with van der Waals surface area (Å²) < 4.78 is 5.20. The number of nitrogens with one attached hydrogen (secondary N) is 1. The molecule has 0 aliphatic carbocycles. The molecule has 102 valence electrons. The van der Waals surface area contributed by atoms with E-state index in [9.17, 15) is 0 Å². The normalized spacial score (nSPS) is 14.1.